The number of aromatic hydroxyl groups is 2. The Labute approximate surface area is 138 Å². The van der Waals surface area contributed by atoms with Gasteiger partial charge in [-0.3, -0.25) is 4.99 Å². The van der Waals surface area contributed by atoms with Crippen molar-refractivity contribution < 1.29 is 20.1 Å². The highest BCUT2D eigenvalue weighted by molar-refractivity contribution is 5.91. The van der Waals surface area contributed by atoms with Crippen LogP contribution in [0.1, 0.15) is 28.2 Å². The highest BCUT2D eigenvalue weighted by Crippen LogP contribution is 2.51. The number of phenolic OH excluding ortho intramolecular Hbond substituents is 2. The van der Waals surface area contributed by atoms with Gasteiger partial charge in [0, 0.05) is 25.4 Å². The van der Waals surface area contributed by atoms with E-state index in [0.717, 1.165) is 16.7 Å². The Morgan fingerprint density at radius 2 is 2.00 bits per heavy atom. The Bertz CT molecular complexity index is 878. The zero-order chi connectivity index (χ0) is 17.1. The molecule has 0 radical (unpaired) electrons. The fraction of sp³-hybridized carbons (Fsp3) is 0.278. The normalized spacial score (nSPS) is 24.3. The molecule has 124 valence electrons. The summed E-state index contributed by atoms with van der Waals surface area (Å²) in [6.45, 7) is 0. The minimum absolute atomic E-state index is 0.195. The summed E-state index contributed by atoms with van der Waals surface area (Å²) < 4.78 is 5.99. The lowest BCUT2D eigenvalue weighted by Crippen LogP contribution is -2.44. The summed E-state index contributed by atoms with van der Waals surface area (Å²) in [5.74, 6) is -1.60. The summed E-state index contributed by atoms with van der Waals surface area (Å²) in [6.07, 6.45) is 2.41. The number of hydrogen-bond acceptors (Lipinski definition) is 6. The van der Waals surface area contributed by atoms with Crippen LogP contribution >= 0.6 is 0 Å². The summed E-state index contributed by atoms with van der Waals surface area (Å²) in [5, 5.41) is 30.6. The fourth-order valence-electron chi connectivity index (χ4n) is 3.73. The molecule has 0 fully saturated rings. The SMILES string of the molecule is C/N=C\c1c(N)ccc2c1O[C@@]1(O)Cc3cc(O)c(O)cc3C1C2. The maximum atomic E-state index is 11.1. The second kappa shape index (κ2) is 4.88. The van der Waals surface area contributed by atoms with Crippen LogP contribution < -0.4 is 10.5 Å². The molecule has 0 saturated carbocycles. The van der Waals surface area contributed by atoms with Crippen molar-refractivity contribution in [2.75, 3.05) is 12.8 Å². The molecule has 4 rings (SSSR count). The van der Waals surface area contributed by atoms with E-state index in [-0.39, 0.29) is 23.8 Å². The standard InChI is InChI=1S/C18H18N2O4/c1-20-8-12-14(19)3-2-9-4-13-11-6-16(22)15(21)5-10(11)7-18(13,23)24-17(9)12/h2-3,5-6,8,13,21-23H,4,7,19H2,1H3/b20-8-/t13?,18-/m0/s1. The maximum absolute atomic E-state index is 11.1. The first-order valence-electron chi connectivity index (χ1n) is 7.72. The molecule has 2 aliphatic rings. The second-order valence-corrected chi connectivity index (χ2v) is 6.36. The number of phenols is 2. The van der Waals surface area contributed by atoms with Crippen LogP contribution in [0.15, 0.2) is 29.3 Å². The van der Waals surface area contributed by atoms with Crippen molar-refractivity contribution in [1.82, 2.24) is 0 Å². The molecule has 0 saturated heterocycles. The van der Waals surface area contributed by atoms with Gasteiger partial charge in [-0.2, -0.15) is 0 Å². The van der Waals surface area contributed by atoms with E-state index in [4.69, 9.17) is 10.5 Å². The minimum Gasteiger partial charge on any atom is -0.504 e. The Kier molecular flexibility index (Phi) is 3.02. The summed E-state index contributed by atoms with van der Waals surface area (Å²) in [5.41, 5.74) is 9.69. The number of nitrogens with zero attached hydrogens (tertiary/aromatic N) is 1. The van der Waals surface area contributed by atoms with Gasteiger partial charge in [-0.1, -0.05) is 6.07 Å². The van der Waals surface area contributed by atoms with Crippen molar-refractivity contribution in [3.05, 3.63) is 46.5 Å². The average Bonchev–Trinajstić information content (AvgIpc) is 2.80. The lowest BCUT2D eigenvalue weighted by atomic mass is 9.86. The first-order chi connectivity index (χ1) is 11.4. The quantitative estimate of drug-likeness (QED) is 0.362. The zero-order valence-electron chi connectivity index (χ0n) is 13.2. The van der Waals surface area contributed by atoms with E-state index >= 15 is 0 Å². The number of benzene rings is 2. The summed E-state index contributed by atoms with van der Waals surface area (Å²) >= 11 is 0. The maximum Gasteiger partial charge on any atom is 0.219 e. The number of aliphatic imine (C=N–C) groups is 1. The number of nitrogen functional groups attached to an aromatic ring is 1. The molecule has 0 spiro atoms. The molecule has 1 unspecified atom stereocenters. The lowest BCUT2D eigenvalue weighted by molar-refractivity contribution is -0.155. The van der Waals surface area contributed by atoms with Crippen molar-refractivity contribution in [2.45, 2.75) is 24.5 Å². The molecule has 1 aliphatic heterocycles. The van der Waals surface area contributed by atoms with Crippen LogP contribution in [0.2, 0.25) is 0 Å². The van der Waals surface area contributed by atoms with Crippen LogP contribution in [-0.2, 0) is 12.8 Å². The topological polar surface area (TPSA) is 108 Å². The van der Waals surface area contributed by atoms with Gasteiger partial charge in [-0.15, -0.1) is 0 Å². The summed E-state index contributed by atoms with van der Waals surface area (Å²) in [6, 6.07) is 6.67. The van der Waals surface area contributed by atoms with Crippen LogP contribution in [0.5, 0.6) is 17.2 Å². The molecule has 1 aliphatic carbocycles. The van der Waals surface area contributed by atoms with Crippen LogP contribution in [0.25, 0.3) is 0 Å². The van der Waals surface area contributed by atoms with E-state index in [9.17, 15) is 15.3 Å². The van der Waals surface area contributed by atoms with E-state index in [1.54, 1.807) is 19.3 Å². The summed E-state index contributed by atoms with van der Waals surface area (Å²) in [7, 11) is 1.65. The molecular weight excluding hydrogens is 308 g/mol. The number of hydrogen-bond donors (Lipinski definition) is 4. The molecule has 2 aromatic carbocycles. The van der Waals surface area contributed by atoms with Crippen molar-refractivity contribution in [3.8, 4) is 17.2 Å². The molecule has 0 aromatic heterocycles. The molecule has 1 heterocycles. The molecule has 2 atom stereocenters. The van der Waals surface area contributed by atoms with Crippen molar-refractivity contribution >= 4 is 11.9 Å². The molecule has 5 N–H and O–H groups in total. The second-order valence-electron chi connectivity index (χ2n) is 6.36. The smallest absolute Gasteiger partial charge is 0.219 e. The van der Waals surface area contributed by atoms with E-state index in [2.05, 4.69) is 4.99 Å². The van der Waals surface area contributed by atoms with E-state index in [1.165, 1.54) is 12.1 Å². The van der Waals surface area contributed by atoms with Crippen LogP contribution in [0.3, 0.4) is 0 Å². The largest absolute Gasteiger partial charge is 0.504 e. The molecule has 6 heteroatoms. The fourth-order valence-corrected chi connectivity index (χ4v) is 3.73. The van der Waals surface area contributed by atoms with E-state index < -0.39 is 5.79 Å². The molecule has 0 amide bonds. The number of aliphatic hydroxyl groups is 1. The number of nitrogens with two attached hydrogens (primary N) is 1. The molecular formula is C18H18N2O4. The number of rotatable bonds is 1. The first-order valence-corrected chi connectivity index (χ1v) is 7.72. The third-order valence-corrected chi connectivity index (χ3v) is 4.87. The predicted molar refractivity (Wildman–Crippen MR) is 89.9 cm³/mol. The van der Waals surface area contributed by atoms with Crippen LogP contribution in [0, 0.1) is 0 Å². The van der Waals surface area contributed by atoms with Crippen molar-refractivity contribution in [1.29, 1.82) is 0 Å². The van der Waals surface area contributed by atoms with Crippen LogP contribution in [-0.4, -0.2) is 34.4 Å². The number of fused-ring (bicyclic) bond motifs is 4. The monoisotopic (exact) mass is 326 g/mol. The van der Waals surface area contributed by atoms with Gasteiger partial charge >= 0.3 is 0 Å². The minimum atomic E-state index is -1.43. The average molecular weight is 326 g/mol. The van der Waals surface area contributed by atoms with Gasteiger partial charge in [-0.05, 0) is 41.3 Å². The Hall–Kier alpha value is -2.73. The third kappa shape index (κ3) is 1.96. The van der Waals surface area contributed by atoms with Gasteiger partial charge < -0.3 is 25.8 Å². The lowest BCUT2D eigenvalue weighted by Gasteiger charge is -2.37. The molecule has 2 aromatic rings. The van der Waals surface area contributed by atoms with Gasteiger partial charge in [0.15, 0.2) is 11.5 Å². The highest BCUT2D eigenvalue weighted by atomic mass is 16.6. The van der Waals surface area contributed by atoms with Gasteiger partial charge in [0.25, 0.3) is 0 Å². The molecule has 24 heavy (non-hydrogen) atoms. The van der Waals surface area contributed by atoms with Crippen molar-refractivity contribution in [3.63, 3.8) is 0 Å². The Morgan fingerprint density at radius 3 is 2.75 bits per heavy atom. The van der Waals surface area contributed by atoms with Gasteiger partial charge in [0.1, 0.15) is 5.75 Å². The van der Waals surface area contributed by atoms with Crippen LogP contribution in [0.4, 0.5) is 5.69 Å². The molecule has 0 bridgehead atoms. The zero-order valence-corrected chi connectivity index (χ0v) is 13.2. The first kappa shape index (κ1) is 14.8. The Balaban J connectivity index is 1.85. The number of ether oxygens (including phenoxy) is 1. The van der Waals surface area contributed by atoms with E-state index in [0.29, 0.717) is 23.4 Å². The summed E-state index contributed by atoms with van der Waals surface area (Å²) in [4.78, 5) is 4.01. The van der Waals surface area contributed by atoms with Gasteiger partial charge in [0.2, 0.25) is 5.79 Å². The predicted octanol–water partition coefficient (Wildman–Crippen LogP) is 1.69. The number of anilines is 1. The van der Waals surface area contributed by atoms with Gasteiger partial charge in [-0.25, -0.2) is 0 Å². The molecule has 6 nitrogen and oxygen atoms in total. The third-order valence-electron chi connectivity index (χ3n) is 4.87. The Morgan fingerprint density at radius 1 is 1.25 bits per heavy atom. The van der Waals surface area contributed by atoms with E-state index in [1.807, 2.05) is 6.07 Å². The van der Waals surface area contributed by atoms with Crippen molar-refractivity contribution in [2.24, 2.45) is 4.99 Å². The highest BCUT2D eigenvalue weighted by Gasteiger charge is 2.50. The van der Waals surface area contributed by atoms with Gasteiger partial charge in [0.05, 0.1) is 11.5 Å².